The number of benzene rings is 1. The smallest absolute Gasteiger partial charge is 0.251 e. The molecule has 1 rings (SSSR count). The predicted octanol–water partition coefficient (Wildman–Crippen LogP) is 1.75. The minimum Gasteiger partial charge on any atom is -0.550 e. The lowest BCUT2D eigenvalue weighted by Crippen LogP contribution is -2.36. The third kappa shape index (κ3) is 6.36. The molecule has 0 aliphatic heterocycles. The van der Waals surface area contributed by atoms with Gasteiger partial charge in [0.15, 0.2) is 0 Å². The first kappa shape index (κ1) is 16.2. The lowest BCUT2D eigenvalue weighted by molar-refractivity contribution is -0.305. The van der Waals surface area contributed by atoms with Crippen LogP contribution in [-0.4, -0.2) is 17.9 Å². The fraction of sp³-hybridized carbons (Fsp3) is 0.500. The third-order valence-electron chi connectivity index (χ3n) is 3.16. The van der Waals surface area contributed by atoms with Gasteiger partial charge in [-0.3, -0.25) is 4.79 Å². The summed E-state index contributed by atoms with van der Waals surface area (Å²) >= 11 is 0. The van der Waals surface area contributed by atoms with Gasteiger partial charge in [0, 0.05) is 17.6 Å². The van der Waals surface area contributed by atoms with Crippen LogP contribution in [0.15, 0.2) is 30.3 Å². The Morgan fingerprint density at radius 2 is 1.75 bits per heavy atom. The summed E-state index contributed by atoms with van der Waals surface area (Å²) < 4.78 is 0. The van der Waals surface area contributed by atoms with Crippen molar-refractivity contribution < 1.29 is 14.7 Å². The second-order valence-electron chi connectivity index (χ2n) is 5.42. The monoisotopic (exact) mass is 276 g/mol. The molecule has 0 radical (unpaired) electrons. The van der Waals surface area contributed by atoms with Gasteiger partial charge in [-0.05, 0) is 43.7 Å². The van der Waals surface area contributed by atoms with E-state index in [2.05, 4.69) is 19.2 Å². The number of hydrogen-bond donors (Lipinski definition) is 1. The van der Waals surface area contributed by atoms with Crippen molar-refractivity contribution in [2.75, 3.05) is 0 Å². The van der Waals surface area contributed by atoms with Crippen molar-refractivity contribution in [2.45, 2.75) is 45.6 Å². The molecule has 4 nitrogen and oxygen atoms in total. The molecule has 1 N–H and O–H groups in total. The lowest BCUT2D eigenvalue weighted by Gasteiger charge is -2.20. The Morgan fingerprint density at radius 1 is 1.10 bits per heavy atom. The molecule has 0 spiro atoms. The first-order valence-corrected chi connectivity index (χ1v) is 7.04. The van der Waals surface area contributed by atoms with Crippen LogP contribution in [0.5, 0.6) is 0 Å². The van der Waals surface area contributed by atoms with E-state index < -0.39 is 5.97 Å². The summed E-state index contributed by atoms with van der Waals surface area (Å²) in [5.74, 6) is -0.708. The summed E-state index contributed by atoms with van der Waals surface area (Å²) in [7, 11) is 0. The van der Waals surface area contributed by atoms with Crippen LogP contribution in [-0.2, 0) is 4.79 Å². The summed E-state index contributed by atoms with van der Waals surface area (Å²) in [6.45, 7) is 4.21. The second-order valence-corrected chi connectivity index (χ2v) is 5.42. The van der Waals surface area contributed by atoms with Gasteiger partial charge in [0.25, 0.3) is 5.91 Å². The van der Waals surface area contributed by atoms with Crippen molar-refractivity contribution in [3.8, 4) is 0 Å². The Morgan fingerprint density at radius 3 is 2.30 bits per heavy atom. The first-order chi connectivity index (χ1) is 9.49. The average Bonchev–Trinajstić information content (AvgIpc) is 2.42. The normalized spacial score (nSPS) is 12.2. The molecule has 1 amide bonds. The molecule has 1 aromatic carbocycles. The molecule has 0 unspecified atom stereocenters. The molecule has 0 aromatic heterocycles. The maximum atomic E-state index is 12.1. The number of carbonyl (C=O) groups is 2. The zero-order valence-corrected chi connectivity index (χ0v) is 12.1. The summed E-state index contributed by atoms with van der Waals surface area (Å²) in [6.07, 6.45) is 2.11. The van der Waals surface area contributed by atoms with Crippen LogP contribution in [0.1, 0.15) is 49.9 Å². The van der Waals surface area contributed by atoms with E-state index in [1.165, 1.54) is 0 Å². The van der Waals surface area contributed by atoms with Gasteiger partial charge in [-0.15, -0.1) is 0 Å². The number of carboxylic acid groups (broad SMARTS) is 1. The third-order valence-corrected chi connectivity index (χ3v) is 3.16. The highest BCUT2D eigenvalue weighted by molar-refractivity contribution is 5.94. The molecule has 0 aliphatic carbocycles. The molecule has 0 aliphatic rings. The van der Waals surface area contributed by atoms with Crippen molar-refractivity contribution in [1.82, 2.24) is 5.32 Å². The lowest BCUT2D eigenvalue weighted by atomic mass is 9.99. The van der Waals surface area contributed by atoms with Crippen molar-refractivity contribution in [3.63, 3.8) is 0 Å². The summed E-state index contributed by atoms with van der Waals surface area (Å²) in [6, 6.07) is 8.82. The maximum Gasteiger partial charge on any atom is 0.251 e. The molecule has 20 heavy (non-hydrogen) atoms. The standard InChI is InChI=1S/C16H23NO3/c1-12(2)8-9-14(10-11-15(18)19)17-16(20)13-6-4-3-5-7-13/h3-7,12,14H,8-11H2,1-2H3,(H,17,20)(H,18,19)/p-1/t14-/m1/s1. The maximum absolute atomic E-state index is 12.1. The van der Waals surface area contributed by atoms with Crippen molar-refractivity contribution in [1.29, 1.82) is 0 Å². The van der Waals surface area contributed by atoms with E-state index >= 15 is 0 Å². The highest BCUT2D eigenvalue weighted by Gasteiger charge is 2.14. The molecular weight excluding hydrogens is 254 g/mol. The highest BCUT2D eigenvalue weighted by Crippen LogP contribution is 2.12. The average molecular weight is 276 g/mol. The number of hydrogen-bond acceptors (Lipinski definition) is 3. The van der Waals surface area contributed by atoms with E-state index in [-0.39, 0.29) is 18.4 Å². The summed E-state index contributed by atoms with van der Waals surface area (Å²) in [4.78, 5) is 22.6. The molecule has 110 valence electrons. The fourth-order valence-electron chi connectivity index (χ4n) is 1.97. The van der Waals surface area contributed by atoms with Gasteiger partial charge in [0.05, 0.1) is 0 Å². The molecule has 0 saturated carbocycles. The topological polar surface area (TPSA) is 69.2 Å². The first-order valence-electron chi connectivity index (χ1n) is 7.04. The van der Waals surface area contributed by atoms with Gasteiger partial charge >= 0.3 is 0 Å². The number of aliphatic carboxylic acids is 1. The SMILES string of the molecule is CC(C)CC[C@H](CCC(=O)[O-])NC(=O)c1ccccc1. The number of amides is 1. The van der Waals surface area contributed by atoms with E-state index in [4.69, 9.17) is 0 Å². The largest absolute Gasteiger partial charge is 0.550 e. The van der Waals surface area contributed by atoms with Crippen LogP contribution in [0.4, 0.5) is 0 Å². The molecule has 0 bridgehead atoms. The van der Waals surface area contributed by atoms with Crippen LogP contribution < -0.4 is 10.4 Å². The van der Waals surface area contributed by atoms with Gasteiger partial charge < -0.3 is 15.2 Å². The number of carbonyl (C=O) groups excluding carboxylic acids is 2. The fourth-order valence-corrected chi connectivity index (χ4v) is 1.97. The molecule has 0 saturated heterocycles. The molecule has 1 aromatic rings. The summed E-state index contributed by atoms with van der Waals surface area (Å²) in [5, 5.41) is 13.5. The number of nitrogens with one attached hydrogen (secondary N) is 1. The van der Waals surface area contributed by atoms with E-state index in [0.29, 0.717) is 17.9 Å². The van der Waals surface area contributed by atoms with Crippen LogP contribution >= 0.6 is 0 Å². The van der Waals surface area contributed by atoms with Crippen molar-refractivity contribution >= 4 is 11.9 Å². The number of rotatable bonds is 8. The molecule has 0 fully saturated rings. The van der Waals surface area contributed by atoms with Crippen LogP contribution in [0.25, 0.3) is 0 Å². The van der Waals surface area contributed by atoms with Gasteiger partial charge in [-0.2, -0.15) is 0 Å². The predicted molar refractivity (Wildman–Crippen MR) is 76.0 cm³/mol. The minimum atomic E-state index is -1.08. The molecule has 1 atom stereocenters. The van der Waals surface area contributed by atoms with Gasteiger partial charge in [-0.1, -0.05) is 32.0 Å². The Bertz CT molecular complexity index is 429. The minimum absolute atomic E-state index is 0.0299. The Hall–Kier alpha value is -1.84. The highest BCUT2D eigenvalue weighted by atomic mass is 16.4. The van der Waals surface area contributed by atoms with Gasteiger partial charge in [0.2, 0.25) is 0 Å². The molecule has 4 heteroatoms. The quantitative estimate of drug-likeness (QED) is 0.786. The van der Waals surface area contributed by atoms with E-state index in [1.807, 2.05) is 6.07 Å². The van der Waals surface area contributed by atoms with Crippen LogP contribution in [0.2, 0.25) is 0 Å². The summed E-state index contributed by atoms with van der Waals surface area (Å²) in [5.41, 5.74) is 0.593. The molecule has 0 heterocycles. The van der Waals surface area contributed by atoms with Crippen LogP contribution in [0.3, 0.4) is 0 Å². The Kier molecular flexibility index (Phi) is 6.77. The van der Waals surface area contributed by atoms with E-state index in [0.717, 1.165) is 12.8 Å². The zero-order chi connectivity index (χ0) is 15.0. The molecular formula is C16H22NO3-. The van der Waals surface area contributed by atoms with Gasteiger partial charge in [-0.25, -0.2) is 0 Å². The van der Waals surface area contributed by atoms with Gasteiger partial charge in [0.1, 0.15) is 0 Å². The van der Waals surface area contributed by atoms with E-state index in [1.54, 1.807) is 24.3 Å². The zero-order valence-electron chi connectivity index (χ0n) is 12.1. The van der Waals surface area contributed by atoms with Crippen molar-refractivity contribution in [3.05, 3.63) is 35.9 Å². The second kappa shape index (κ2) is 8.35. The van der Waals surface area contributed by atoms with E-state index in [9.17, 15) is 14.7 Å². The number of carboxylic acids is 1. The van der Waals surface area contributed by atoms with Crippen LogP contribution in [0, 0.1) is 5.92 Å². The Labute approximate surface area is 120 Å². The van der Waals surface area contributed by atoms with Crippen molar-refractivity contribution in [2.24, 2.45) is 5.92 Å². The Balaban J connectivity index is 2.58.